The van der Waals surface area contributed by atoms with Crippen molar-refractivity contribution in [3.8, 4) is 16.9 Å². The van der Waals surface area contributed by atoms with E-state index in [1.165, 1.54) is 0 Å². The molecule has 6 nitrogen and oxygen atoms in total. The summed E-state index contributed by atoms with van der Waals surface area (Å²) in [6.45, 7) is 1.52. The molecule has 0 radical (unpaired) electrons. The Morgan fingerprint density at radius 3 is 2.02 bits per heavy atom. The molecule has 0 bridgehead atoms. The van der Waals surface area contributed by atoms with Crippen LogP contribution in [0.3, 0.4) is 0 Å². The van der Waals surface area contributed by atoms with Crippen LogP contribution in [-0.4, -0.2) is 35.3 Å². The number of amides is 2. The first-order chi connectivity index (χ1) is 20.6. The van der Waals surface area contributed by atoms with E-state index in [4.69, 9.17) is 10.5 Å². The van der Waals surface area contributed by atoms with Gasteiger partial charge < -0.3 is 20.7 Å². The zero-order chi connectivity index (χ0) is 29.1. The van der Waals surface area contributed by atoms with E-state index in [1.54, 1.807) is 4.90 Å². The summed E-state index contributed by atoms with van der Waals surface area (Å²) in [6.07, 6.45) is 3.75. The van der Waals surface area contributed by atoms with Gasteiger partial charge in [0.25, 0.3) is 0 Å². The van der Waals surface area contributed by atoms with Crippen LogP contribution in [0.15, 0.2) is 109 Å². The number of piperazine rings is 1. The Balaban J connectivity index is 1.27. The van der Waals surface area contributed by atoms with E-state index in [0.717, 1.165) is 52.8 Å². The molecular weight excluding hydrogens is 522 g/mol. The van der Waals surface area contributed by atoms with Crippen molar-refractivity contribution >= 4 is 11.8 Å². The Kier molecular flexibility index (Phi) is 10.0. The fourth-order valence-electron chi connectivity index (χ4n) is 5.43. The standard InChI is InChI=1S/C36H39N3O3/c37-23-9-3-8-14-34-35(40)38-33(24-27-17-21-32(22-18-27)42-26-29-10-4-1-5-11-29)36(41)39(34)25-28-15-19-31(20-16-28)30-12-6-2-7-13-30/h1-2,4-7,10-13,15-22,33-34H,3,8-9,14,23-26,37H2,(H,38,40). The Bertz CT molecular complexity index is 1420. The van der Waals surface area contributed by atoms with Crippen molar-refractivity contribution in [3.05, 3.63) is 126 Å². The summed E-state index contributed by atoms with van der Waals surface area (Å²) in [4.78, 5) is 29.0. The third-order valence-electron chi connectivity index (χ3n) is 7.78. The van der Waals surface area contributed by atoms with Crippen LogP contribution in [0, 0.1) is 0 Å². The first-order valence-electron chi connectivity index (χ1n) is 14.8. The summed E-state index contributed by atoms with van der Waals surface area (Å²) in [6, 6.07) is 35.1. The number of unbranched alkanes of at least 4 members (excludes halogenated alkanes) is 2. The lowest BCUT2D eigenvalue weighted by molar-refractivity contribution is -0.150. The number of nitrogens with zero attached hydrogens (tertiary/aromatic N) is 1. The molecule has 42 heavy (non-hydrogen) atoms. The Morgan fingerprint density at radius 1 is 0.690 bits per heavy atom. The van der Waals surface area contributed by atoms with E-state index in [1.807, 2.05) is 72.8 Å². The van der Waals surface area contributed by atoms with Crippen LogP contribution in [0.25, 0.3) is 11.1 Å². The van der Waals surface area contributed by atoms with Gasteiger partial charge in [-0.25, -0.2) is 0 Å². The van der Waals surface area contributed by atoms with Crippen molar-refractivity contribution in [1.29, 1.82) is 0 Å². The summed E-state index contributed by atoms with van der Waals surface area (Å²) < 4.78 is 5.91. The molecule has 0 aliphatic carbocycles. The number of rotatable bonds is 13. The third kappa shape index (κ3) is 7.65. The van der Waals surface area contributed by atoms with E-state index in [-0.39, 0.29) is 11.8 Å². The average Bonchev–Trinajstić information content (AvgIpc) is 3.03. The van der Waals surface area contributed by atoms with Crippen LogP contribution in [-0.2, 0) is 29.2 Å². The van der Waals surface area contributed by atoms with Gasteiger partial charge in [-0.05, 0) is 59.3 Å². The highest BCUT2D eigenvalue weighted by atomic mass is 16.5. The number of carbonyl (C=O) groups is 2. The second kappa shape index (κ2) is 14.5. The van der Waals surface area contributed by atoms with Crippen molar-refractivity contribution in [3.63, 3.8) is 0 Å². The van der Waals surface area contributed by atoms with E-state index in [0.29, 0.717) is 32.5 Å². The largest absolute Gasteiger partial charge is 0.489 e. The molecule has 2 atom stereocenters. The van der Waals surface area contributed by atoms with Crippen LogP contribution >= 0.6 is 0 Å². The van der Waals surface area contributed by atoms with E-state index < -0.39 is 12.1 Å². The van der Waals surface area contributed by atoms with E-state index >= 15 is 0 Å². The number of hydrogen-bond donors (Lipinski definition) is 2. The van der Waals surface area contributed by atoms with Gasteiger partial charge in [0.2, 0.25) is 11.8 Å². The van der Waals surface area contributed by atoms with Gasteiger partial charge in [0.15, 0.2) is 0 Å². The second-order valence-electron chi connectivity index (χ2n) is 10.9. The number of nitrogens with two attached hydrogens (primary N) is 1. The lowest BCUT2D eigenvalue weighted by atomic mass is 9.96. The summed E-state index contributed by atoms with van der Waals surface area (Å²) in [5, 5.41) is 3.03. The van der Waals surface area contributed by atoms with Gasteiger partial charge >= 0.3 is 0 Å². The molecule has 1 aliphatic heterocycles. The lowest BCUT2D eigenvalue weighted by Gasteiger charge is -2.39. The van der Waals surface area contributed by atoms with E-state index in [9.17, 15) is 9.59 Å². The SMILES string of the molecule is NCCCCCC1C(=O)NC(Cc2ccc(OCc3ccccc3)cc2)C(=O)N1Cc1ccc(-c2ccccc2)cc1. The van der Waals surface area contributed by atoms with Crippen molar-refractivity contribution in [2.24, 2.45) is 5.73 Å². The van der Waals surface area contributed by atoms with Gasteiger partial charge in [-0.1, -0.05) is 110 Å². The number of carbonyl (C=O) groups excluding carboxylic acids is 2. The molecule has 1 heterocycles. The van der Waals surface area contributed by atoms with Crippen LogP contribution in [0.5, 0.6) is 5.75 Å². The first-order valence-corrected chi connectivity index (χ1v) is 14.8. The van der Waals surface area contributed by atoms with Gasteiger partial charge in [-0.15, -0.1) is 0 Å². The van der Waals surface area contributed by atoms with Gasteiger partial charge in [-0.3, -0.25) is 9.59 Å². The quantitative estimate of drug-likeness (QED) is 0.199. The minimum Gasteiger partial charge on any atom is -0.489 e. The Labute approximate surface area is 248 Å². The summed E-state index contributed by atoms with van der Waals surface area (Å²) in [5.41, 5.74) is 11.0. The number of ether oxygens (including phenoxy) is 1. The Morgan fingerprint density at radius 2 is 1.33 bits per heavy atom. The first kappa shape index (κ1) is 29.1. The number of nitrogens with one attached hydrogen (secondary N) is 1. The molecule has 5 rings (SSSR count). The highest BCUT2D eigenvalue weighted by Crippen LogP contribution is 2.24. The zero-order valence-corrected chi connectivity index (χ0v) is 24.0. The fourth-order valence-corrected chi connectivity index (χ4v) is 5.43. The van der Waals surface area contributed by atoms with Crippen LogP contribution in [0.2, 0.25) is 0 Å². The predicted octanol–water partition coefficient (Wildman–Crippen LogP) is 5.89. The van der Waals surface area contributed by atoms with Crippen LogP contribution in [0.1, 0.15) is 42.4 Å². The zero-order valence-electron chi connectivity index (χ0n) is 24.0. The molecule has 216 valence electrons. The molecule has 0 saturated carbocycles. The second-order valence-corrected chi connectivity index (χ2v) is 10.9. The van der Waals surface area contributed by atoms with Crippen LogP contribution in [0.4, 0.5) is 0 Å². The van der Waals surface area contributed by atoms with Gasteiger partial charge in [0.1, 0.15) is 24.4 Å². The predicted molar refractivity (Wildman–Crippen MR) is 167 cm³/mol. The normalized spacial score (nSPS) is 16.7. The van der Waals surface area contributed by atoms with Gasteiger partial charge in [0.05, 0.1) is 0 Å². The Hall–Kier alpha value is -4.42. The molecule has 4 aromatic carbocycles. The molecule has 1 aliphatic rings. The molecule has 0 spiro atoms. The van der Waals surface area contributed by atoms with Crippen molar-refractivity contribution in [1.82, 2.24) is 10.2 Å². The summed E-state index contributed by atoms with van der Waals surface area (Å²) in [5.74, 6) is 0.630. The smallest absolute Gasteiger partial charge is 0.246 e. The van der Waals surface area contributed by atoms with Crippen molar-refractivity contribution in [2.45, 2.75) is 57.3 Å². The molecule has 0 aromatic heterocycles. The van der Waals surface area contributed by atoms with Gasteiger partial charge in [-0.2, -0.15) is 0 Å². The highest BCUT2D eigenvalue weighted by molar-refractivity contribution is 5.97. The molecule has 1 fully saturated rings. The molecule has 2 amide bonds. The molecule has 6 heteroatoms. The van der Waals surface area contributed by atoms with Gasteiger partial charge in [0, 0.05) is 13.0 Å². The number of hydrogen-bond acceptors (Lipinski definition) is 4. The average molecular weight is 562 g/mol. The molecular formula is C36H39N3O3. The lowest BCUT2D eigenvalue weighted by Crippen LogP contribution is -2.63. The molecule has 2 unspecified atom stereocenters. The van der Waals surface area contributed by atoms with Crippen molar-refractivity contribution < 1.29 is 14.3 Å². The van der Waals surface area contributed by atoms with Crippen molar-refractivity contribution in [2.75, 3.05) is 6.54 Å². The van der Waals surface area contributed by atoms with E-state index in [2.05, 4.69) is 41.7 Å². The molecule has 3 N–H and O–H groups in total. The minimum absolute atomic E-state index is 0.0463. The highest BCUT2D eigenvalue weighted by Gasteiger charge is 2.40. The summed E-state index contributed by atoms with van der Waals surface area (Å²) in [7, 11) is 0. The maximum atomic E-state index is 13.9. The minimum atomic E-state index is -0.613. The number of benzene rings is 4. The topological polar surface area (TPSA) is 84.7 Å². The summed E-state index contributed by atoms with van der Waals surface area (Å²) >= 11 is 0. The molecule has 1 saturated heterocycles. The third-order valence-corrected chi connectivity index (χ3v) is 7.78. The molecule has 4 aromatic rings. The maximum Gasteiger partial charge on any atom is 0.246 e. The maximum absolute atomic E-state index is 13.9. The van der Waals surface area contributed by atoms with Crippen LogP contribution < -0.4 is 15.8 Å². The fraction of sp³-hybridized carbons (Fsp3) is 0.278. The monoisotopic (exact) mass is 561 g/mol.